The van der Waals surface area contributed by atoms with Crippen LogP contribution in [0.3, 0.4) is 0 Å². The van der Waals surface area contributed by atoms with Crippen LogP contribution in [0.5, 0.6) is 0 Å². The quantitative estimate of drug-likeness (QED) is 0.0377. The number of aliphatic hydroxyl groups excluding tert-OH is 4. The van der Waals surface area contributed by atoms with Gasteiger partial charge in [0.2, 0.25) is 5.91 Å². The van der Waals surface area contributed by atoms with Crippen molar-refractivity contribution < 1.29 is 25.2 Å². The van der Waals surface area contributed by atoms with Gasteiger partial charge < -0.3 is 25.7 Å². The third-order valence-electron chi connectivity index (χ3n) is 8.73. The SMILES string of the molecule is CCCCCCCCCCC/C=C\CCCCCCC(O)C(=O)NC(CO)C(O)C(O)CCCCCCCCCCCC. The zero-order valence-electron chi connectivity index (χ0n) is 28.5. The third kappa shape index (κ3) is 27.1. The van der Waals surface area contributed by atoms with Gasteiger partial charge in [0.15, 0.2) is 0 Å². The van der Waals surface area contributed by atoms with Crippen LogP contribution in [0.1, 0.15) is 187 Å². The molecule has 0 aromatic heterocycles. The van der Waals surface area contributed by atoms with Crippen LogP contribution in [-0.2, 0) is 4.79 Å². The molecule has 0 spiro atoms. The summed E-state index contributed by atoms with van der Waals surface area (Å²) in [4.78, 5) is 12.4. The van der Waals surface area contributed by atoms with Gasteiger partial charge in [-0.2, -0.15) is 0 Å². The van der Waals surface area contributed by atoms with Gasteiger partial charge in [0.1, 0.15) is 12.2 Å². The molecule has 4 atom stereocenters. The maximum absolute atomic E-state index is 12.4. The van der Waals surface area contributed by atoms with Gasteiger partial charge in [0.05, 0.1) is 18.8 Å². The first-order chi connectivity index (χ1) is 21.0. The fraction of sp³-hybridized carbons (Fsp3) is 0.919. The van der Waals surface area contributed by atoms with E-state index >= 15 is 0 Å². The van der Waals surface area contributed by atoms with E-state index in [1.54, 1.807) is 0 Å². The minimum atomic E-state index is -1.26. The molecule has 0 aliphatic carbocycles. The molecule has 0 aromatic rings. The van der Waals surface area contributed by atoms with Crippen molar-refractivity contribution >= 4 is 5.91 Å². The van der Waals surface area contributed by atoms with Crippen molar-refractivity contribution in [1.82, 2.24) is 5.32 Å². The number of carbonyl (C=O) groups is 1. The summed E-state index contributed by atoms with van der Waals surface area (Å²) in [6.07, 6.45) is 32.3. The molecule has 6 nitrogen and oxygen atoms in total. The highest BCUT2D eigenvalue weighted by atomic mass is 16.3. The molecule has 1 amide bonds. The van der Waals surface area contributed by atoms with Crippen molar-refractivity contribution in [3.8, 4) is 0 Å². The Balaban J connectivity index is 3.81. The smallest absolute Gasteiger partial charge is 0.249 e. The minimum Gasteiger partial charge on any atom is -0.394 e. The summed E-state index contributed by atoms with van der Waals surface area (Å²) in [6.45, 7) is 4.01. The van der Waals surface area contributed by atoms with Crippen molar-refractivity contribution in [2.24, 2.45) is 0 Å². The van der Waals surface area contributed by atoms with E-state index in [0.717, 1.165) is 51.4 Å². The van der Waals surface area contributed by atoms with Crippen LogP contribution < -0.4 is 5.32 Å². The standard InChI is InChI=1S/C37H73NO5/c1-3-5-7-9-11-13-15-16-17-18-19-20-21-23-25-27-29-31-35(41)37(43)38-33(32-39)36(42)34(40)30-28-26-24-22-14-12-10-8-6-4-2/h19-20,33-36,39-42H,3-18,21-32H2,1-2H3,(H,38,43)/b20-19-. The molecule has 0 fully saturated rings. The number of hydrogen-bond acceptors (Lipinski definition) is 5. The largest absolute Gasteiger partial charge is 0.394 e. The van der Waals surface area contributed by atoms with Crippen LogP contribution in [0.2, 0.25) is 0 Å². The molecule has 0 saturated carbocycles. The lowest BCUT2D eigenvalue weighted by atomic mass is 9.99. The number of allylic oxidation sites excluding steroid dienone is 2. The molecule has 6 heteroatoms. The lowest BCUT2D eigenvalue weighted by molar-refractivity contribution is -0.132. The summed E-state index contributed by atoms with van der Waals surface area (Å²) in [6, 6.07) is -0.984. The van der Waals surface area contributed by atoms with Crippen LogP contribution >= 0.6 is 0 Å². The van der Waals surface area contributed by atoms with Crippen LogP contribution in [0.4, 0.5) is 0 Å². The highest BCUT2D eigenvalue weighted by molar-refractivity contribution is 5.80. The topological polar surface area (TPSA) is 110 Å². The first kappa shape index (κ1) is 42.0. The molecular formula is C37H73NO5. The van der Waals surface area contributed by atoms with Crippen molar-refractivity contribution in [3.63, 3.8) is 0 Å². The number of aliphatic hydroxyl groups is 4. The molecular weight excluding hydrogens is 538 g/mol. The van der Waals surface area contributed by atoms with Crippen molar-refractivity contribution in [3.05, 3.63) is 12.2 Å². The van der Waals surface area contributed by atoms with E-state index in [-0.39, 0.29) is 0 Å². The molecule has 0 rings (SSSR count). The average molecular weight is 612 g/mol. The second-order valence-electron chi connectivity index (χ2n) is 12.9. The Kier molecular flexibility index (Phi) is 31.7. The maximum Gasteiger partial charge on any atom is 0.249 e. The molecule has 43 heavy (non-hydrogen) atoms. The van der Waals surface area contributed by atoms with E-state index in [1.807, 2.05) is 0 Å². The predicted molar refractivity (Wildman–Crippen MR) is 182 cm³/mol. The fourth-order valence-corrected chi connectivity index (χ4v) is 5.69. The molecule has 0 aliphatic heterocycles. The second kappa shape index (κ2) is 32.4. The fourth-order valence-electron chi connectivity index (χ4n) is 5.69. The molecule has 4 unspecified atom stereocenters. The highest BCUT2D eigenvalue weighted by Gasteiger charge is 2.28. The number of hydrogen-bond donors (Lipinski definition) is 5. The van der Waals surface area contributed by atoms with Crippen LogP contribution in [0, 0.1) is 0 Å². The van der Waals surface area contributed by atoms with Gasteiger partial charge in [0, 0.05) is 0 Å². The number of nitrogens with one attached hydrogen (secondary N) is 1. The Hall–Kier alpha value is -0.950. The summed E-state index contributed by atoms with van der Waals surface area (Å²) >= 11 is 0. The molecule has 0 aliphatic rings. The molecule has 0 saturated heterocycles. The summed E-state index contributed by atoms with van der Waals surface area (Å²) < 4.78 is 0. The first-order valence-electron chi connectivity index (χ1n) is 18.6. The Labute approximate surface area is 266 Å². The summed E-state index contributed by atoms with van der Waals surface area (Å²) in [5.41, 5.74) is 0. The van der Waals surface area contributed by atoms with E-state index in [4.69, 9.17) is 0 Å². The van der Waals surface area contributed by atoms with Crippen molar-refractivity contribution in [1.29, 1.82) is 0 Å². The zero-order chi connectivity index (χ0) is 31.8. The summed E-state index contributed by atoms with van der Waals surface area (Å²) in [5, 5.41) is 43.3. The Morgan fingerprint density at radius 3 is 1.35 bits per heavy atom. The summed E-state index contributed by atoms with van der Waals surface area (Å²) in [7, 11) is 0. The van der Waals surface area contributed by atoms with Crippen LogP contribution in [-0.4, -0.2) is 57.3 Å². The predicted octanol–water partition coefficient (Wildman–Crippen LogP) is 8.67. The van der Waals surface area contributed by atoms with Crippen molar-refractivity contribution in [2.75, 3.05) is 6.61 Å². The van der Waals surface area contributed by atoms with Crippen molar-refractivity contribution in [2.45, 2.75) is 212 Å². The maximum atomic E-state index is 12.4. The Bertz CT molecular complexity index is 614. The highest BCUT2D eigenvalue weighted by Crippen LogP contribution is 2.15. The number of rotatable bonds is 33. The van der Waals surface area contributed by atoms with Crippen LogP contribution in [0.15, 0.2) is 12.2 Å². The lowest BCUT2D eigenvalue weighted by Crippen LogP contribution is -2.53. The van der Waals surface area contributed by atoms with E-state index in [2.05, 4.69) is 31.3 Å². The normalized spacial score (nSPS) is 14.7. The summed E-state index contributed by atoms with van der Waals surface area (Å²) in [5.74, 6) is -0.594. The van der Waals surface area contributed by atoms with Crippen LogP contribution in [0.25, 0.3) is 0 Å². The minimum absolute atomic E-state index is 0.357. The van der Waals surface area contributed by atoms with E-state index < -0.39 is 36.9 Å². The molecule has 256 valence electrons. The van der Waals surface area contributed by atoms with Gasteiger partial charge in [-0.3, -0.25) is 4.79 Å². The first-order valence-corrected chi connectivity index (χ1v) is 18.6. The van der Waals surface area contributed by atoms with E-state index in [1.165, 1.54) is 109 Å². The molecule has 0 radical (unpaired) electrons. The van der Waals surface area contributed by atoms with Gasteiger partial charge in [-0.05, 0) is 38.5 Å². The monoisotopic (exact) mass is 612 g/mol. The molecule has 0 aromatic carbocycles. The molecule has 5 N–H and O–H groups in total. The number of amides is 1. The van der Waals surface area contributed by atoms with E-state index in [0.29, 0.717) is 12.8 Å². The van der Waals surface area contributed by atoms with Gasteiger partial charge in [0.25, 0.3) is 0 Å². The average Bonchev–Trinajstić information content (AvgIpc) is 3.01. The number of carbonyl (C=O) groups excluding carboxylic acids is 1. The van der Waals surface area contributed by atoms with Gasteiger partial charge in [-0.25, -0.2) is 0 Å². The third-order valence-corrected chi connectivity index (χ3v) is 8.73. The van der Waals surface area contributed by atoms with Gasteiger partial charge in [-0.1, -0.05) is 161 Å². The second-order valence-corrected chi connectivity index (χ2v) is 12.9. The van der Waals surface area contributed by atoms with Gasteiger partial charge >= 0.3 is 0 Å². The lowest BCUT2D eigenvalue weighted by Gasteiger charge is -2.27. The van der Waals surface area contributed by atoms with Gasteiger partial charge in [-0.15, -0.1) is 0 Å². The Morgan fingerprint density at radius 2 is 0.930 bits per heavy atom. The van der Waals surface area contributed by atoms with E-state index in [9.17, 15) is 25.2 Å². The zero-order valence-corrected chi connectivity index (χ0v) is 28.5. The molecule has 0 bridgehead atoms. The Morgan fingerprint density at radius 1 is 0.558 bits per heavy atom. The molecule has 0 heterocycles. The number of unbranched alkanes of at least 4 members (excludes halogenated alkanes) is 22.